The summed E-state index contributed by atoms with van der Waals surface area (Å²) in [7, 11) is 0. The molecular formula is C16H13Cl2N3O2S2. The number of carbonyl (C=O) groups excluding carboxylic acids is 1. The quantitative estimate of drug-likeness (QED) is 0.609. The van der Waals surface area contributed by atoms with Crippen LogP contribution in [0.2, 0.25) is 10.0 Å². The van der Waals surface area contributed by atoms with Gasteiger partial charge in [-0.3, -0.25) is 4.79 Å². The minimum atomic E-state index is -0.0964. The lowest BCUT2D eigenvalue weighted by Crippen LogP contribution is -2.24. The van der Waals surface area contributed by atoms with Gasteiger partial charge < -0.3 is 9.84 Å². The molecule has 1 N–H and O–H groups in total. The van der Waals surface area contributed by atoms with Gasteiger partial charge in [0.1, 0.15) is 0 Å². The topological polar surface area (TPSA) is 68.0 Å². The Morgan fingerprint density at radius 1 is 1.28 bits per heavy atom. The number of nitrogens with one attached hydrogen (secondary N) is 1. The molecule has 5 nitrogen and oxygen atoms in total. The first kappa shape index (κ1) is 18.3. The third-order valence-corrected chi connectivity index (χ3v) is 5.74. The van der Waals surface area contributed by atoms with Crippen LogP contribution in [-0.4, -0.2) is 21.8 Å². The van der Waals surface area contributed by atoms with Crippen LogP contribution in [0.1, 0.15) is 11.5 Å². The van der Waals surface area contributed by atoms with Crippen LogP contribution in [-0.2, 0) is 17.1 Å². The van der Waals surface area contributed by atoms with Crippen molar-refractivity contribution in [1.82, 2.24) is 15.5 Å². The van der Waals surface area contributed by atoms with Gasteiger partial charge in [0.05, 0.1) is 27.2 Å². The zero-order valence-corrected chi connectivity index (χ0v) is 16.0. The lowest BCUT2D eigenvalue weighted by Gasteiger charge is -2.04. The van der Waals surface area contributed by atoms with Crippen molar-refractivity contribution < 1.29 is 9.32 Å². The number of thiophene rings is 1. The summed E-state index contributed by atoms with van der Waals surface area (Å²) in [5.74, 6) is 1.82. The van der Waals surface area contributed by atoms with Gasteiger partial charge >= 0.3 is 0 Å². The highest BCUT2D eigenvalue weighted by molar-refractivity contribution is 7.99. The smallest absolute Gasteiger partial charge is 0.246 e. The molecule has 0 aliphatic rings. The highest BCUT2D eigenvalue weighted by Crippen LogP contribution is 2.24. The number of hydrogen-bond acceptors (Lipinski definition) is 6. The first-order chi connectivity index (χ1) is 12.1. The van der Waals surface area contributed by atoms with Crippen molar-refractivity contribution >= 4 is 52.2 Å². The van der Waals surface area contributed by atoms with E-state index in [2.05, 4.69) is 15.5 Å². The van der Waals surface area contributed by atoms with Crippen LogP contribution in [0.3, 0.4) is 0 Å². The summed E-state index contributed by atoms with van der Waals surface area (Å²) in [4.78, 5) is 17.1. The summed E-state index contributed by atoms with van der Waals surface area (Å²) in [5.41, 5.74) is 1.02. The first-order valence-electron chi connectivity index (χ1n) is 7.26. The van der Waals surface area contributed by atoms with E-state index in [1.165, 1.54) is 23.1 Å². The van der Waals surface area contributed by atoms with Crippen LogP contribution in [0.15, 0.2) is 40.2 Å². The van der Waals surface area contributed by atoms with Gasteiger partial charge in [-0.1, -0.05) is 40.5 Å². The van der Waals surface area contributed by atoms with E-state index in [4.69, 9.17) is 27.7 Å². The van der Waals surface area contributed by atoms with Gasteiger partial charge in [0.15, 0.2) is 0 Å². The molecular weight excluding hydrogens is 401 g/mol. The molecule has 3 aromatic rings. The Hall–Kier alpha value is -1.54. The molecule has 0 saturated carbocycles. The van der Waals surface area contributed by atoms with Crippen molar-refractivity contribution in [2.75, 3.05) is 5.75 Å². The van der Waals surface area contributed by atoms with Crippen LogP contribution < -0.4 is 5.32 Å². The Morgan fingerprint density at radius 3 is 2.92 bits per heavy atom. The normalized spacial score (nSPS) is 10.8. The average molecular weight is 414 g/mol. The SMILES string of the molecule is O=C(CSCc1ccc(Cl)c(Cl)c1)NCc1nc(-c2cccs2)no1. The standard InChI is InChI=1S/C16H13Cl2N3O2S2/c17-11-4-3-10(6-12(11)18)8-24-9-14(22)19-7-15-20-16(21-23-15)13-2-1-5-25-13/h1-6H,7-9H2,(H,19,22). The molecule has 25 heavy (non-hydrogen) atoms. The van der Waals surface area contributed by atoms with E-state index in [1.54, 1.807) is 12.1 Å². The Morgan fingerprint density at radius 2 is 2.16 bits per heavy atom. The minimum absolute atomic E-state index is 0.0964. The minimum Gasteiger partial charge on any atom is -0.346 e. The summed E-state index contributed by atoms with van der Waals surface area (Å²) in [5, 5.41) is 9.64. The maximum absolute atomic E-state index is 11.9. The zero-order valence-electron chi connectivity index (χ0n) is 12.9. The number of nitrogens with zero attached hydrogens (tertiary/aromatic N) is 2. The van der Waals surface area contributed by atoms with Gasteiger partial charge in [0, 0.05) is 5.75 Å². The number of hydrogen-bond donors (Lipinski definition) is 1. The van der Waals surface area contributed by atoms with Crippen molar-refractivity contribution in [3.63, 3.8) is 0 Å². The third kappa shape index (κ3) is 5.22. The second kappa shape index (κ2) is 8.71. The monoisotopic (exact) mass is 413 g/mol. The molecule has 0 bridgehead atoms. The Bertz CT molecular complexity index is 853. The summed E-state index contributed by atoms with van der Waals surface area (Å²) < 4.78 is 5.13. The Balaban J connectivity index is 1.41. The molecule has 0 radical (unpaired) electrons. The maximum Gasteiger partial charge on any atom is 0.246 e. The van der Waals surface area contributed by atoms with Gasteiger partial charge in [0.2, 0.25) is 17.6 Å². The van der Waals surface area contributed by atoms with Crippen LogP contribution in [0.5, 0.6) is 0 Å². The first-order valence-corrected chi connectivity index (χ1v) is 10.1. The number of rotatable bonds is 7. The molecule has 9 heteroatoms. The molecule has 0 saturated heterocycles. The second-order valence-corrected chi connectivity index (χ2v) is 7.75. The highest BCUT2D eigenvalue weighted by atomic mass is 35.5. The number of halogens is 2. The molecule has 0 fully saturated rings. The fourth-order valence-corrected chi connectivity index (χ4v) is 3.72. The maximum atomic E-state index is 11.9. The molecule has 0 aliphatic carbocycles. The summed E-state index contributed by atoms with van der Waals surface area (Å²) in [6, 6.07) is 9.28. The number of benzene rings is 1. The number of amides is 1. The molecule has 0 spiro atoms. The molecule has 3 rings (SSSR count). The van der Waals surface area contributed by atoms with E-state index >= 15 is 0 Å². The van der Waals surface area contributed by atoms with Crippen LogP contribution in [0.4, 0.5) is 0 Å². The number of aromatic nitrogens is 2. The molecule has 2 heterocycles. The molecule has 0 aliphatic heterocycles. The molecule has 2 aromatic heterocycles. The van der Waals surface area contributed by atoms with E-state index < -0.39 is 0 Å². The van der Waals surface area contributed by atoms with Crippen molar-refractivity contribution in [2.45, 2.75) is 12.3 Å². The molecule has 0 atom stereocenters. The fraction of sp³-hybridized carbons (Fsp3) is 0.188. The fourth-order valence-electron chi connectivity index (χ4n) is 1.95. The third-order valence-electron chi connectivity index (χ3n) is 3.13. The van der Waals surface area contributed by atoms with Crippen molar-refractivity contribution in [3.05, 3.63) is 57.2 Å². The van der Waals surface area contributed by atoms with Crippen LogP contribution in [0.25, 0.3) is 10.7 Å². The van der Waals surface area contributed by atoms with Crippen LogP contribution >= 0.6 is 46.3 Å². The number of thioether (sulfide) groups is 1. The average Bonchev–Trinajstić information content (AvgIpc) is 3.27. The molecule has 1 amide bonds. The lowest BCUT2D eigenvalue weighted by atomic mass is 10.2. The van der Waals surface area contributed by atoms with Gasteiger partial charge in [0.25, 0.3) is 0 Å². The van der Waals surface area contributed by atoms with E-state index in [9.17, 15) is 4.79 Å². The van der Waals surface area contributed by atoms with Crippen molar-refractivity contribution in [1.29, 1.82) is 0 Å². The molecule has 130 valence electrons. The number of carbonyl (C=O) groups is 1. The van der Waals surface area contributed by atoms with E-state index in [1.807, 2.05) is 23.6 Å². The largest absolute Gasteiger partial charge is 0.346 e. The van der Waals surface area contributed by atoms with E-state index in [0.717, 1.165) is 10.4 Å². The van der Waals surface area contributed by atoms with Gasteiger partial charge in [-0.25, -0.2) is 0 Å². The summed E-state index contributed by atoms with van der Waals surface area (Å²) in [6.45, 7) is 0.213. The van der Waals surface area contributed by atoms with Crippen LogP contribution in [0, 0.1) is 0 Å². The van der Waals surface area contributed by atoms with Gasteiger partial charge in [-0.15, -0.1) is 23.1 Å². The van der Waals surface area contributed by atoms with E-state index in [-0.39, 0.29) is 12.5 Å². The Kier molecular flexibility index (Phi) is 6.36. The van der Waals surface area contributed by atoms with Gasteiger partial charge in [-0.05, 0) is 29.1 Å². The summed E-state index contributed by atoms with van der Waals surface area (Å²) >= 11 is 14.9. The predicted molar refractivity (Wildman–Crippen MR) is 102 cm³/mol. The predicted octanol–water partition coefficient (Wildman–Crippen LogP) is 4.65. The summed E-state index contributed by atoms with van der Waals surface area (Å²) in [6.07, 6.45) is 0. The Labute approximate surface area is 162 Å². The second-order valence-electron chi connectivity index (χ2n) is 5.01. The lowest BCUT2D eigenvalue weighted by molar-refractivity contribution is -0.118. The zero-order chi connectivity index (χ0) is 17.6. The van der Waals surface area contributed by atoms with Crippen molar-refractivity contribution in [2.24, 2.45) is 0 Å². The van der Waals surface area contributed by atoms with Crippen molar-refractivity contribution in [3.8, 4) is 10.7 Å². The molecule has 0 unspecified atom stereocenters. The highest BCUT2D eigenvalue weighted by Gasteiger charge is 2.10. The van der Waals surface area contributed by atoms with E-state index in [0.29, 0.717) is 33.3 Å². The molecule has 1 aromatic carbocycles. The van der Waals surface area contributed by atoms with Gasteiger partial charge in [-0.2, -0.15) is 4.98 Å².